The molecule has 0 bridgehead atoms. The smallest absolute Gasteiger partial charge is 0.311 e. The van der Waals surface area contributed by atoms with Crippen LogP contribution >= 0.6 is 0 Å². The highest BCUT2D eigenvalue weighted by atomic mass is 16.6. The molecule has 1 aromatic carbocycles. The van der Waals surface area contributed by atoms with Crippen LogP contribution in [-0.2, 0) is 0 Å². The quantitative estimate of drug-likeness (QED) is 0.622. The van der Waals surface area contributed by atoms with E-state index in [1.54, 1.807) is 12.1 Å². The lowest BCUT2D eigenvalue weighted by molar-refractivity contribution is -0.386. The Hall–Kier alpha value is -1.82. The van der Waals surface area contributed by atoms with Crippen LogP contribution in [0.3, 0.4) is 0 Å². The first-order chi connectivity index (χ1) is 9.96. The summed E-state index contributed by atoms with van der Waals surface area (Å²) in [6.07, 6.45) is 3.82. The van der Waals surface area contributed by atoms with E-state index < -0.39 is 4.92 Å². The van der Waals surface area contributed by atoms with Gasteiger partial charge >= 0.3 is 5.69 Å². The summed E-state index contributed by atoms with van der Waals surface area (Å²) in [5.74, 6) is 0.256. The summed E-state index contributed by atoms with van der Waals surface area (Å²) in [6.45, 7) is 3.72. The molecule has 21 heavy (non-hydrogen) atoms. The number of nitrogens with one attached hydrogen (secondary N) is 1. The molecule has 1 aliphatic carbocycles. The minimum Gasteiger partial charge on any atom is -0.484 e. The highest BCUT2D eigenvalue weighted by Crippen LogP contribution is 2.36. The van der Waals surface area contributed by atoms with Crippen molar-refractivity contribution in [2.75, 3.05) is 11.9 Å². The summed E-state index contributed by atoms with van der Waals surface area (Å²) in [6, 6.07) is 4.76. The van der Waals surface area contributed by atoms with Gasteiger partial charge in [0.1, 0.15) is 0 Å². The van der Waals surface area contributed by atoms with Crippen LogP contribution in [0.5, 0.6) is 5.75 Å². The summed E-state index contributed by atoms with van der Waals surface area (Å²) in [4.78, 5) is 10.6. The lowest BCUT2D eigenvalue weighted by atomic mass is 9.98. The SMILES string of the molecule is CC(C)Oc1cc(NC2(CO)CCCC2)ccc1[N+](=O)[O-]. The molecule has 0 atom stereocenters. The lowest BCUT2D eigenvalue weighted by Crippen LogP contribution is -2.38. The summed E-state index contributed by atoms with van der Waals surface area (Å²) >= 11 is 0. The molecule has 1 aromatic rings. The zero-order chi connectivity index (χ0) is 15.5. The first-order valence-electron chi connectivity index (χ1n) is 7.30. The maximum Gasteiger partial charge on any atom is 0.311 e. The number of benzene rings is 1. The predicted molar refractivity (Wildman–Crippen MR) is 80.8 cm³/mol. The standard InChI is InChI=1S/C15H22N2O4/c1-11(2)21-14-9-12(5-6-13(14)17(19)20)16-15(10-18)7-3-4-8-15/h5-6,9,11,16,18H,3-4,7-8,10H2,1-2H3. The number of aliphatic hydroxyl groups excluding tert-OH is 1. The fraction of sp³-hybridized carbons (Fsp3) is 0.600. The van der Waals surface area contributed by atoms with Crippen molar-refractivity contribution in [3.05, 3.63) is 28.3 Å². The monoisotopic (exact) mass is 294 g/mol. The number of rotatable bonds is 6. The summed E-state index contributed by atoms with van der Waals surface area (Å²) < 4.78 is 5.53. The van der Waals surface area contributed by atoms with Gasteiger partial charge in [0.2, 0.25) is 0 Å². The van der Waals surface area contributed by atoms with Crippen molar-refractivity contribution >= 4 is 11.4 Å². The Labute approximate surface area is 124 Å². The molecule has 116 valence electrons. The van der Waals surface area contributed by atoms with Crippen molar-refractivity contribution < 1.29 is 14.8 Å². The van der Waals surface area contributed by atoms with Crippen LogP contribution in [0.25, 0.3) is 0 Å². The average Bonchev–Trinajstić information content (AvgIpc) is 2.87. The Bertz CT molecular complexity index is 510. The first-order valence-corrected chi connectivity index (χ1v) is 7.30. The first kappa shape index (κ1) is 15.6. The molecular formula is C15H22N2O4. The second kappa shape index (κ2) is 6.30. The van der Waals surface area contributed by atoms with Gasteiger partial charge in [-0.05, 0) is 32.8 Å². The molecule has 0 unspecified atom stereocenters. The molecule has 2 N–H and O–H groups in total. The van der Waals surface area contributed by atoms with Crippen LogP contribution < -0.4 is 10.1 Å². The minimum atomic E-state index is -0.446. The van der Waals surface area contributed by atoms with Gasteiger partial charge in [-0.2, -0.15) is 0 Å². The number of ether oxygens (including phenoxy) is 1. The van der Waals surface area contributed by atoms with E-state index in [-0.39, 0.29) is 29.7 Å². The fourth-order valence-electron chi connectivity index (χ4n) is 2.77. The number of nitrogens with zero attached hydrogens (tertiary/aromatic N) is 1. The van der Waals surface area contributed by atoms with Gasteiger partial charge in [0.05, 0.1) is 23.2 Å². The number of hydrogen-bond donors (Lipinski definition) is 2. The van der Waals surface area contributed by atoms with Gasteiger partial charge in [0, 0.05) is 17.8 Å². The Morgan fingerprint density at radius 2 is 2.10 bits per heavy atom. The van der Waals surface area contributed by atoms with E-state index in [9.17, 15) is 15.2 Å². The second-order valence-corrected chi connectivity index (χ2v) is 5.88. The summed E-state index contributed by atoms with van der Waals surface area (Å²) in [5.41, 5.74) is 0.386. The normalized spacial score (nSPS) is 17.0. The lowest BCUT2D eigenvalue weighted by Gasteiger charge is -2.29. The third-order valence-corrected chi connectivity index (χ3v) is 3.79. The molecule has 6 nitrogen and oxygen atoms in total. The van der Waals surface area contributed by atoms with E-state index in [0.29, 0.717) is 0 Å². The number of anilines is 1. The van der Waals surface area contributed by atoms with E-state index in [2.05, 4.69) is 5.32 Å². The van der Waals surface area contributed by atoms with Crippen LogP contribution in [0, 0.1) is 10.1 Å². The molecule has 1 aliphatic rings. The molecular weight excluding hydrogens is 272 g/mol. The third-order valence-electron chi connectivity index (χ3n) is 3.79. The third kappa shape index (κ3) is 3.64. The molecule has 2 rings (SSSR count). The van der Waals surface area contributed by atoms with Crippen molar-refractivity contribution in [2.45, 2.75) is 51.2 Å². The van der Waals surface area contributed by atoms with Crippen molar-refractivity contribution in [1.82, 2.24) is 0 Å². The molecule has 0 spiro atoms. The summed E-state index contributed by atoms with van der Waals surface area (Å²) in [7, 11) is 0. The molecule has 0 aliphatic heterocycles. The van der Waals surface area contributed by atoms with Crippen LogP contribution in [0.2, 0.25) is 0 Å². The molecule has 0 heterocycles. The largest absolute Gasteiger partial charge is 0.484 e. The molecule has 0 amide bonds. The zero-order valence-corrected chi connectivity index (χ0v) is 12.5. The summed E-state index contributed by atoms with van der Waals surface area (Å²) in [5, 5.41) is 24.0. The van der Waals surface area contributed by atoms with Gasteiger partial charge in [-0.15, -0.1) is 0 Å². The maximum absolute atomic E-state index is 11.0. The molecule has 0 saturated heterocycles. The zero-order valence-electron chi connectivity index (χ0n) is 12.5. The molecule has 0 aromatic heterocycles. The van der Waals surface area contributed by atoms with Crippen molar-refractivity contribution in [3.63, 3.8) is 0 Å². The van der Waals surface area contributed by atoms with Gasteiger partial charge in [-0.1, -0.05) is 12.8 Å². The molecule has 0 radical (unpaired) electrons. The van der Waals surface area contributed by atoms with E-state index in [1.165, 1.54) is 6.07 Å². The molecule has 6 heteroatoms. The van der Waals surface area contributed by atoms with Crippen molar-refractivity contribution in [1.29, 1.82) is 0 Å². The Balaban J connectivity index is 2.26. The van der Waals surface area contributed by atoms with Crippen molar-refractivity contribution in [2.24, 2.45) is 0 Å². The van der Waals surface area contributed by atoms with E-state index in [4.69, 9.17) is 4.74 Å². The molecule has 1 saturated carbocycles. The van der Waals surface area contributed by atoms with Gasteiger partial charge < -0.3 is 15.2 Å². The van der Waals surface area contributed by atoms with Gasteiger partial charge in [-0.25, -0.2) is 0 Å². The van der Waals surface area contributed by atoms with Crippen LogP contribution in [0.1, 0.15) is 39.5 Å². The Kier molecular flexibility index (Phi) is 4.67. The topological polar surface area (TPSA) is 84.6 Å². The maximum atomic E-state index is 11.0. The minimum absolute atomic E-state index is 0.0429. The average molecular weight is 294 g/mol. The number of aliphatic hydroxyl groups is 1. The van der Waals surface area contributed by atoms with Crippen LogP contribution in [0.4, 0.5) is 11.4 Å². The highest BCUT2D eigenvalue weighted by Gasteiger charge is 2.33. The van der Waals surface area contributed by atoms with Crippen LogP contribution in [-0.4, -0.2) is 28.3 Å². The Morgan fingerprint density at radius 1 is 1.43 bits per heavy atom. The van der Waals surface area contributed by atoms with Crippen molar-refractivity contribution in [3.8, 4) is 5.75 Å². The Morgan fingerprint density at radius 3 is 2.62 bits per heavy atom. The second-order valence-electron chi connectivity index (χ2n) is 5.88. The highest BCUT2D eigenvalue weighted by molar-refractivity contribution is 5.59. The van der Waals surface area contributed by atoms with Crippen LogP contribution in [0.15, 0.2) is 18.2 Å². The number of nitro groups is 1. The van der Waals surface area contributed by atoms with E-state index >= 15 is 0 Å². The van der Waals surface area contributed by atoms with E-state index in [0.717, 1.165) is 31.4 Å². The van der Waals surface area contributed by atoms with Gasteiger partial charge in [0.25, 0.3) is 0 Å². The molecule has 1 fully saturated rings. The number of nitro benzene ring substituents is 1. The predicted octanol–water partition coefficient (Wildman–Crippen LogP) is 3.10. The number of hydrogen-bond acceptors (Lipinski definition) is 5. The van der Waals surface area contributed by atoms with E-state index in [1.807, 2.05) is 13.8 Å². The van der Waals surface area contributed by atoms with Gasteiger partial charge in [-0.3, -0.25) is 10.1 Å². The fourth-order valence-corrected chi connectivity index (χ4v) is 2.77. The van der Waals surface area contributed by atoms with Gasteiger partial charge in [0.15, 0.2) is 5.75 Å².